The first-order valence-electron chi connectivity index (χ1n) is 10.6. The van der Waals surface area contributed by atoms with Gasteiger partial charge in [0.15, 0.2) is 5.82 Å². The van der Waals surface area contributed by atoms with Crippen LogP contribution in [0.25, 0.3) is 5.82 Å². The summed E-state index contributed by atoms with van der Waals surface area (Å²) in [6.45, 7) is 8.21. The summed E-state index contributed by atoms with van der Waals surface area (Å²) in [6.07, 6.45) is 0. The molecule has 0 aliphatic rings. The number of carbonyl (C=O) groups excluding carboxylic acids is 1. The maximum absolute atomic E-state index is 12.5. The Morgan fingerprint density at radius 2 is 1.64 bits per heavy atom. The van der Waals surface area contributed by atoms with Crippen molar-refractivity contribution in [3.8, 4) is 23.2 Å². The first-order chi connectivity index (χ1) is 15.9. The first kappa shape index (κ1) is 22.0. The van der Waals surface area contributed by atoms with Gasteiger partial charge in [0.25, 0.3) is 5.91 Å². The van der Waals surface area contributed by atoms with Crippen LogP contribution in [0.15, 0.2) is 60.7 Å². The first-order valence-corrected chi connectivity index (χ1v) is 10.6. The number of benzene rings is 2. The van der Waals surface area contributed by atoms with Crippen LogP contribution >= 0.6 is 0 Å². The molecule has 0 saturated carbocycles. The monoisotopic (exact) mass is 443 g/mol. The second-order valence-corrected chi connectivity index (χ2v) is 7.49. The van der Waals surface area contributed by atoms with E-state index in [1.54, 1.807) is 59.3 Å². The van der Waals surface area contributed by atoms with Crippen LogP contribution in [0.3, 0.4) is 0 Å². The Bertz CT molecular complexity index is 1260. The predicted molar refractivity (Wildman–Crippen MR) is 125 cm³/mol. The van der Waals surface area contributed by atoms with Gasteiger partial charge in [-0.3, -0.25) is 4.79 Å². The van der Waals surface area contributed by atoms with Crippen LogP contribution in [-0.4, -0.2) is 32.3 Å². The average Bonchev–Trinajstić information content (AvgIpc) is 3.13. The van der Waals surface area contributed by atoms with Crippen LogP contribution in [0.4, 0.5) is 5.69 Å². The molecule has 0 aliphatic heterocycles. The fraction of sp³-hybridized carbons (Fsp3) is 0.200. The number of carbonyl (C=O) groups is 1. The molecule has 0 radical (unpaired) electrons. The standard InChI is InChI=1S/C25H25N5O3/c1-5-32-21-10-6-19(7-11-21)25(31)28-20-8-12-22(13-9-20)33-24-15-23(26-18(4)27-24)30-17(3)14-16(2)29-30/h6-15H,5H2,1-4H3,(H,28,31). The molecule has 4 aromatic rings. The Hall–Kier alpha value is -4.20. The fourth-order valence-corrected chi connectivity index (χ4v) is 3.35. The van der Waals surface area contributed by atoms with Gasteiger partial charge in [-0.1, -0.05) is 0 Å². The van der Waals surface area contributed by atoms with Crippen molar-refractivity contribution in [2.24, 2.45) is 0 Å². The highest BCUT2D eigenvalue weighted by atomic mass is 16.5. The van der Waals surface area contributed by atoms with Gasteiger partial charge >= 0.3 is 0 Å². The maximum atomic E-state index is 12.5. The zero-order chi connectivity index (χ0) is 23.4. The van der Waals surface area contributed by atoms with Crippen LogP contribution in [0, 0.1) is 20.8 Å². The molecule has 0 saturated heterocycles. The van der Waals surface area contributed by atoms with Crippen LogP contribution in [0.5, 0.6) is 17.4 Å². The van der Waals surface area contributed by atoms with E-state index >= 15 is 0 Å². The van der Waals surface area contributed by atoms with Gasteiger partial charge in [0.05, 0.1) is 12.3 Å². The topological polar surface area (TPSA) is 91.2 Å². The highest BCUT2D eigenvalue weighted by molar-refractivity contribution is 6.04. The second kappa shape index (κ2) is 9.52. The van der Waals surface area contributed by atoms with Gasteiger partial charge in [0.2, 0.25) is 5.88 Å². The molecule has 2 heterocycles. The van der Waals surface area contributed by atoms with Crippen LogP contribution in [0.1, 0.15) is 34.5 Å². The van der Waals surface area contributed by atoms with Gasteiger partial charge in [0.1, 0.15) is 17.3 Å². The van der Waals surface area contributed by atoms with E-state index < -0.39 is 0 Å². The molecule has 33 heavy (non-hydrogen) atoms. The van der Waals surface area contributed by atoms with Gasteiger partial charge < -0.3 is 14.8 Å². The number of hydrogen-bond acceptors (Lipinski definition) is 6. The van der Waals surface area contributed by atoms with E-state index in [1.165, 1.54) is 0 Å². The van der Waals surface area contributed by atoms with Gasteiger partial charge in [-0.15, -0.1) is 0 Å². The summed E-state index contributed by atoms with van der Waals surface area (Å²) in [7, 11) is 0. The SMILES string of the molecule is CCOc1ccc(C(=O)Nc2ccc(Oc3cc(-n4nc(C)cc4C)nc(C)n3)cc2)cc1. The third-order valence-electron chi connectivity index (χ3n) is 4.79. The molecule has 1 amide bonds. The number of nitrogens with one attached hydrogen (secondary N) is 1. The molecule has 0 bridgehead atoms. The molecule has 0 aliphatic carbocycles. The third kappa shape index (κ3) is 5.35. The third-order valence-corrected chi connectivity index (χ3v) is 4.79. The predicted octanol–water partition coefficient (Wildman–Crippen LogP) is 5.03. The Labute approximate surface area is 192 Å². The van der Waals surface area contributed by atoms with Gasteiger partial charge in [-0.25, -0.2) is 9.67 Å². The smallest absolute Gasteiger partial charge is 0.255 e. The Morgan fingerprint density at radius 1 is 0.939 bits per heavy atom. The van der Waals surface area contributed by atoms with E-state index in [9.17, 15) is 4.79 Å². The number of ether oxygens (including phenoxy) is 2. The van der Waals surface area contributed by atoms with Crippen molar-refractivity contribution in [2.45, 2.75) is 27.7 Å². The highest BCUT2D eigenvalue weighted by Crippen LogP contribution is 2.24. The number of rotatable bonds is 7. The summed E-state index contributed by atoms with van der Waals surface area (Å²) in [4.78, 5) is 21.3. The summed E-state index contributed by atoms with van der Waals surface area (Å²) in [5.41, 5.74) is 3.09. The molecule has 0 atom stereocenters. The van der Waals surface area contributed by atoms with Crippen molar-refractivity contribution in [1.82, 2.24) is 19.7 Å². The van der Waals surface area contributed by atoms with Crippen LogP contribution < -0.4 is 14.8 Å². The summed E-state index contributed by atoms with van der Waals surface area (Å²) >= 11 is 0. The van der Waals surface area contributed by atoms with E-state index in [0.717, 1.165) is 17.1 Å². The van der Waals surface area contributed by atoms with E-state index in [1.807, 2.05) is 33.8 Å². The van der Waals surface area contributed by atoms with Gasteiger partial charge in [-0.2, -0.15) is 10.1 Å². The van der Waals surface area contributed by atoms with E-state index in [-0.39, 0.29) is 5.91 Å². The van der Waals surface area contributed by atoms with Crippen molar-refractivity contribution in [1.29, 1.82) is 0 Å². The maximum Gasteiger partial charge on any atom is 0.255 e. The molecular weight excluding hydrogens is 418 g/mol. The summed E-state index contributed by atoms with van der Waals surface area (Å²) in [5, 5.41) is 7.35. The molecule has 0 unspecified atom stereocenters. The number of aryl methyl sites for hydroxylation is 3. The quantitative estimate of drug-likeness (QED) is 0.431. The molecule has 168 valence electrons. The molecule has 2 aromatic heterocycles. The Kier molecular flexibility index (Phi) is 6.35. The zero-order valence-electron chi connectivity index (χ0n) is 19.0. The minimum atomic E-state index is -0.201. The minimum absolute atomic E-state index is 0.201. The normalized spacial score (nSPS) is 10.7. The lowest BCUT2D eigenvalue weighted by Crippen LogP contribution is -2.11. The van der Waals surface area contributed by atoms with Crippen LogP contribution in [-0.2, 0) is 0 Å². The molecular formula is C25H25N5O3. The lowest BCUT2D eigenvalue weighted by molar-refractivity contribution is 0.102. The van der Waals surface area contributed by atoms with Crippen molar-refractivity contribution < 1.29 is 14.3 Å². The largest absolute Gasteiger partial charge is 0.494 e. The van der Waals surface area contributed by atoms with Crippen molar-refractivity contribution >= 4 is 11.6 Å². The number of aromatic nitrogens is 4. The van der Waals surface area contributed by atoms with E-state index in [2.05, 4.69) is 20.4 Å². The summed E-state index contributed by atoms with van der Waals surface area (Å²) in [6, 6.07) is 17.8. The van der Waals surface area contributed by atoms with E-state index in [4.69, 9.17) is 9.47 Å². The second-order valence-electron chi connectivity index (χ2n) is 7.49. The van der Waals surface area contributed by atoms with Crippen molar-refractivity contribution in [2.75, 3.05) is 11.9 Å². The molecule has 8 nitrogen and oxygen atoms in total. The molecule has 0 spiro atoms. The summed E-state index contributed by atoms with van der Waals surface area (Å²) < 4.78 is 13.1. The lowest BCUT2D eigenvalue weighted by atomic mass is 10.2. The highest BCUT2D eigenvalue weighted by Gasteiger charge is 2.11. The van der Waals surface area contributed by atoms with Gasteiger partial charge in [0, 0.05) is 23.0 Å². The number of nitrogens with zero attached hydrogens (tertiary/aromatic N) is 4. The van der Waals surface area contributed by atoms with Crippen LogP contribution in [0.2, 0.25) is 0 Å². The molecule has 4 rings (SSSR count). The molecule has 0 fully saturated rings. The number of anilines is 1. The zero-order valence-corrected chi connectivity index (χ0v) is 19.0. The molecule has 1 N–H and O–H groups in total. The molecule has 8 heteroatoms. The van der Waals surface area contributed by atoms with Gasteiger partial charge in [-0.05, 0) is 82.3 Å². The van der Waals surface area contributed by atoms with E-state index in [0.29, 0.717) is 41.1 Å². The van der Waals surface area contributed by atoms with Crippen molar-refractivity contribution in [3.05, 3.63) is 83.4 Å². The molecule has 2 aromatic carbocycles. The minimum Gasteiger partial charge on any atom is -0.494 e. The number of hydrogen-bond donors (Lipinski definition) is 1. The fourth-order valence-electron chi connectivity index (χ4n) is 3.35. The lowest BCUT2D eigenvalue weighted by Gasteiger charge is -2.10. The Morgan fingerprint density at radius 3 is 2.27 bits per heavy atom. The summed E-state index contributed by atoms with van der Waals surface area (Å²) in [5.74, 6) is 2.75. The Balaban J connectivity index is 1.44. The van der Waals surface area contributed by atoms with Crippen molar-refractivity contribution in [3.63, 3.8) is 0 Å². The number of amides is 1. The average molecular weight is 444 g/mol.